The second-order valence-corrected chi connectivity index (χ2v) is 6.53. The largest absolute Gasteiger partial charge is 0.382 e. The van der Waals surface area contributed by atoms with E-state index in [4.69, 9.17) is 26.8 Å². The Morgan fingerprint density at radius 1 is 1.42 bits per heavy atom. The van der Waals surface area contributed by atoms with E-state index in [0.717, 1.165) is 10.1 Å². The molecule has 1 fully saturated rings. The molecule has 1 aliphatic rings. The summed E-state index contributed by atoms with van der Waals surface area (Å²) in [6.07, 6.45) is -2.17. The van der Waals surface area contributed by atoms with Gasteiger partial charge in [-0.15, -0.1) is 0 Å². The summed E-state index contributed by atoms with van der Waals surface area (Å²) < 4.78 is 39.5. The molecule has 26 heavy (non-hydrogen) atoms. The summed E-state index contributed by atoms with van der Waals surface area (Å²) in [5.74, 6) is -0.114. The van der Waals surface area contributed by atoms with Crippen molar-refractivity contribution in [1.82, 2.24) is 9.55 Å². The molecule has 6 nitrogen and oxygen atoms in total. The molecule has 0 bridgehead atoms. The highest BCUT2D eigenvalue weighted by Gasteiger charge is 2.49. The average molecular weight is 386 g/mol. The van der Waals surface area contributed by atoms with Crippen LogP contribution in [0.3, 0.4) is 0 Å². The van der Waals surface area contributed by atoms with Crippen LogP contribution in [-0.4, -0.2) is 28.2 Å². The third kappa shape index (κ3) is 3.87. The van der Waals surface area contributed by atoms with Crippen LogP contribution in [0.5, 0.6) is 0 Å². The third-order valence-electron chi connectivity index (χ3n) is 4.29. The van der Waals surface area contributed by atoms with E-state index in [2.05, 4.69) is 4.98 Å². The van der Waals surface area contributed by atoms with Gasteiger partial charge in [-0.3, -0.25) is 4.57 Å². The van der Waals surface area contributed by atoms with Gasteiger partial charge in [-0.2, -0.15) is 4.98 Å². The normalized spacial score (nSPS) is 22.8. The number of nitrogens with zero attached hydrogens (tertiary/aromatic N) is 2. The molecule has 2 N–H and O–H groups in total. The fraction of sp³-hybridized carbons (Fsp3) is 0.412. The predicted molar refractivity (Wildman–Crippen MR) is 92.1 cm³/mol. The summed E-state index contributed by atoms with van der Waals surface area (Å²) in [6.45, 7) is -0.0977. The average Bonchev–Trinajstić information content (AvgIpc) is 3.05. The first kappa shape index (κ1) is 18.8. The zero-order valence-corrected chi connectivity index (χ0v) is 14.5. The predicted octanol–water partition coefficient (Wildman–Crippen LogP) is 3.01. The molecule has 3 rings (SSSR count). The Kier molecular flexibility index (Phi) is 5.55. The van der Waals surface area contributed by atoms with Crippen LogP contribution in [0.1, 0.15) is 24.6 Å². The van der Waals surface area contributed by atoms with Crippen molar-refractivity contribution in [1.29, 1.82) is 0 Å². The second kappa shape index (κ2) is 7.69. The number of nitrogen functional groups attached to an aromatic ring is 1. The Bertz CT molecular complexity index is 819. The van der Waals surface area contributed by atoms with Crippen LogP contribution in [-0.2, 0) is 16.1 Å². The number of hydrogen-bond acceptors (Lipinski definition) is 5. The highest BCUT2D eigenvalue weighted by molar-refractivity contribution is 6.32. The van der Waals surface area contributed by atoms with Crippen molar-refractivity contribution < 1.29 is 18.3 Å². The fourth-order valence-electron chi connectivity index (χ4n) is 2.86. The van der Waals surface area contributed by atoms with Crippen LogP contribution in [0.15, 0.2) is 41.3 Å². The van der Waals surface area contributed by atoms with Crippen molar-refractivity contribution in [2.45, 2.75) is 37.7 Å². The Hall–Kier alpha value is -2.03. The standard InChI is InChI=1S/C17H18ClF2N3O3/c18-12-8-23(16(24)22-14(12)21)13-6-7-17(26-13,15(19)20)10-25-9-11-4-2-1-3-5-11/h1-5,8,13,15H,6-7,9-10H2,(H2,21,22,24). The van der Waals surface area contributed by atoms with E-state index in [-0.39, 0.29) is 36.9 Å². The zero-order chi connectivity index (χ0) is 18.7. The van der Waals surface area contributed by atoms with Crippen molar-refractivity contribution in [3.63, 3.8) is 0 Å². The Morgan fingerprint density at radius 2 is 2.15 bits per heavy atom. The first-order valence-electron chi connectivity index (χ1n) is 8.03. The number of ether oxygens (including phenoxy) is 2. The topological polar surface area (TPSA) is 79.4 Å². The number of rotatable bonds is 6. The van der Waals surface area contributed by atoms with Gasteiger partial charge < -0.3 is 15.2 Å². The van der Waals surface area contributed by atoms with E-state index in [0.29, 0.717) is 0 Å². The van der Waals surface area contributed by atoms with Crippen molar-refractivity contribution in [3.8, 4) is 0 Å². The van der Waals surface area contributed by atoms with Crippen LogP contribution in [0, 0.1) is 0 Å². The molecule has 0 aliphatic carbocycles. The number of hydrogen-bond donors (Lipinski definition) is 1. The van der Waals surface area contributed by atoms with Gasteiger partial charge in [-0.25, -0.2) is 13.6 Å². The van der Waals surface area contributed by atoms with Gasteiger partial charge in [0.1, 0.15) is 12.0 Å². The van der Waals surface area contributed by atoms with Crippen LogP contribution in [0.4, 0.5) is 14.6 Å². The number of halogens is 3. The Morgan fingerprint density at radius 3 is 2.85 bits per heavy atom. The summed E-state index contributed by atoms with van der Waals surface area (Å²) in [7, 11) is 0. The second-order valence-electron chi connectivity index (χ2n) is 6.12. The minimum atomic E-state index is -2.77. The molecular weight excluding hydrogens is 368 g/mol. The number of nitrogens with two attached hydrogens (primary N) is 1. The molecule has 2 heterocycles. The molecule has 2 unspecified atom stereocenters. The van der Waals surface area contributed by atoms with Gasteiger partial charge in [-0.1, -0.05) is 41.9 Å². The maximum absolute atomic E-state index is 13.7. The summed E-state index contributed by atoms with van der Waals surface area (Å²) in [5.41, 5.74) is 3.86. The molecule has 1 saturated heterocycles. The van der Waals surface area contributed by atoms with Gasteiger partial charge in [-0.05, 0) is 18.4 Å². The van der Waals surface area contributed by atoms with E-state index in [1.807, 2.05) is 30.3 Å². The van der Waals surface area contributed by atoms with Crippen molar-refractivity contribution in [3.05, 3.63) is 57.6 Å². The fourth-order valence-corrected chi connectivity index (χ4v) is 3.01. The molecule has 0 radical (unpaired) electrons. The number of benzene rings is 1. The van der Waals surface area contributed by atoms with Gasteiger partial charge in [0, 0.05) is 6.20 Å². The molecule has 0 saturated carbocycles. The summed E-state index contributed by atoms with van der Waals surface area (Å²) >= 11 is 5.87. The van der Waals surface area contributed by atoms with E-state index < -0.39 is 23.9 Å². The molecule has 1 aromatic carbocycles. The van der Waals surface area contributed by atoms with E-state index in [1.54, 1.807) is 0 Å². The molecule has 2 aromatic rings. The van der Waals surface area contributed by atoms with E-state index >= 15 is 0 Å². The lowest BCUT2D eigenvalue weighted by atomic mass is 10.0. The maximum atomic E-state index is 13.7. The molecule has 2 atom stereocenters. The van der Waals surface area contributed by atoms with Crippen molar-refractivity contribution >= 4 is 17.4 Å². The summed E-state index contributed by atoms with van der Waals surface area (Å²) in [5, 5.41) is 0.0584. The number of anilines is 1. The zero-order valence-electron chi connectivity index (χ0n) is 13.8. The quantitative estimate of drug-likeness (QED) is 0.826. The lowest BCUT2D eigenvalue weighted by Gasteiger charge is -2.28. The summed E-state index contributed by atoms with van der Waals surface area (Å²) in [4.78, 5) is 15.5. The first-order chi connectivity index (χ1) is 12.4. The van der Waals surface area contributed by atoms with Crippen LogP contribution < -0.4 is 11.4 Å². The first-order valence-corrected chi connectivity index (χ1v) is 8.41. The van der Waals surface area contributed by atoms with Gasteiger partial charge in [0.25, 0.3) is 6.43 Å². The van der Waals surface area contributed by atoms with Gasteiger partial charge in [0.2, 0.25) is 0 Å². The van der Waals surface area contributed by atoms with Crippen LogP contribution >= 0.6 is 11.6 Å². The molecule has 0 amide bonds. The van der Waals surface area contributed by atoms with Crippen molar-refractivity contribution in [2.24, 2.45) is 0 Å². The lowest BCUT2D eigenvalue weighted by molar-refractivity contribution is -0.180. The lowest BCUT2D eigenvalue weighted by Crippen LogP contribution is -2.42. The Balaban J connectivity index is 1.71. The molecule has 0 spiro atoms. The van der Waals surface area contributed by atoms with Crippen LogP contribution in [0.25, 0.3) is 0 Å². The van der Waals surface area contributed by atoms with Crippen LogP contribution in [0.2, 0.25) is 5.02 Å². The van der Waals surface area contributed by atoms with Gasteiger partial charge >= 0.3 is 5.69 Å². The van der Waals surface area contributed by atoms with Gasteiger partial charge in [0.15, 0.2) is 5.60 Å². The summed E-state index contributed by atoms with van der Waals surface area (Å²) in [6, 6.07) is 9.23. The number of alkyl halides is 2. The Labute approximate surface area is 153 Å². The molecule has 140 valence electrons. The minimum absolute atomic E-state index is 0.0402. The number of aromatic nitrogens is 2. The monoisotopic (exact) mass is 385 g/mol. The van der Waals surface area contributed by atoms with Crippen molar-refractivity contribution in [2.75, 3.05) is 12.3 Å². The SMILES string of the molecule is Nc1nc(=O)n(C2CCC(COCc3ccccc3)(C(F)F)O2)cc1Cl. The highest BCUT2D eigenvalue weighted by atomic mass is 35.5. The molecular formula is C17H18ClF2N3O3. The molecule has 9 heteroatoms. The van der Waals surface area contributed by atoms with E-state index in [1.165, 1.54) is 6.20 Å². The molecule has 1 aliphatic heterocycles. The molecule has 1 aromatic heterocycles. The highest BCUT2D eigenvalue weighted by Crippen LogP contribution is 2.40. The third-order valence-corrected chi connectivity index (χ3v) is 4.58. The minimum Gasteiger partial charge on any atom is -0.382 e. The smallest absolute Gasteiger partial charge is 0.351 e. The van der Waals surface area contributed by atoms with E-state index in [9.17, 15) is 13.6 Å². The van der Waals surface area contributed by atoms with Gasteiger partial charge in [0.05, 0.1) is 18.2 Å². The maximum Gasteiger partial charge on any atom is 0.351 e.